The summed E-state index contributed by atoms with van der Waals surface area (Å²) in [5.74, 6) is 0.825. The van der Waals surface area contributed by atoms with Crippen LogP contribution in [0.5, 0.6) is 0 Å². The SMILES string of the molecule is CCCSc1ccc(N)c(NC(=O)C2COCCO2)c1. The number of thioether (sulfide) groups is 1. The van der Waals surface area contributed by atoms with E-state index in [1.165, 1.54) is 0 Å². The highest BCUT2D eigenvalue weighted by atomic mass is 32.2. The summed E-state index contributed by atoms with van der Waals surface area (Å²) in [5.41, 5.74) is 7.08. The monoisotopic (exact) mass is 296 g/mol. The molecular formula is C14H20N2O3S. The Morgan fingerprint density at radius 2 is 2.35 bits per heavy atom. The number of carbonyl (C=O) groups is 1. The van der Waals surface area contributed by atoms with Crippen LogP contribution in [0.4, 0.5) is 11.4 Å². The lowest BCUT2D eigenvalue weighted by molar-refractivity contribution is -0.142. The first-order valence-corrected chi connectivity index (χ1v) is 7.71. The van der Waals surface area contributed by atoms with E-state index in [1.807, 2.05) is 18.2 Å². The van der Waals surface area contributed by atoms with Crippen molar-refractivity contribution in [1.29, 1.82) is 0 Å². The van der Waals surface area contributed by atoms with E-state index in [4.69, 9.17) is 15.2 Å². The fourth-order valence-electron chi connectivity index (χ4n) is 1.81. The fraction of sp³-hybridized carbons (Fsp3) is 0.500. The molecule has 1 unspecified atom stereocenters. The summed E-state index contributed by atoms with van der Waals surface area (Å²) in [5, 5.41) is 2.81. The van der Waals surface area contributed by atoms with Gasteiger partial charge in [0, 0.05) is 4.90 Å². The van der Waals surface area contributed by atoms with E-state index in [-0.39, 0.29) is 12.5 Å². The van der Waals surface area contributed by atoms with E-state index >= 15 is 0 Å². The number of anilines is 2. The third-order valence-electron chi connectivity index (χ3n) is 2.86. The molecule has 0 aliphatic carbocycles. The number of carbonyl (C=O) groups excluding carboxylic acids is 1. The molecule has 5 nitrogen and oxygen atoms in total. The summed E-state index contributed by atoms with van der Waals surface area (Å²) in [6.45, 7) is 3.40. The first-order valence-electron chi connectivity index (χ1n) is 6.73. The molecule has 110 valence electrons. The van der Waals surface area contributed by atoms with Gasteiger partial charge in [-0.1, -0.05) is 6.92 Å². The van der Waals surface area contributed by atoms with Crippen LogP contribution in [0, 0.1) is 0 Å². The number of hydrogen-bond acceptors (Lipinski definition) is 5. The minimum Gasteiger partial charge on any atom is -0.397 e. The second-order valence-electron chi connectivity index (χ2n) is 4.52. The maximum Gasteiger partial charge on any atom is 0.255 e. The van der Waals surface area contributed by atoms with Gasteiger partial charge in [0.15, 0.2) is 6.10 Å². The zero-order chi connectivity index (χ0) is 14.4. The molecule has 1 amide bonds. The van der Waals surface area contributed by atoms with Crippen molar-refractivity contribution >= 4 is 29.0 Å². The molecule has 1 atom stereocenters. The van der Waals surface area contributed by atoms with Crippen molar-refractivity contribution < 1.29 is 14.3 Å². The zero-order valence-corrected chi connectivity index (χ0v) is 12.4. The van der Waals surface area contributed by atoms with E-state index in [0.29, 0.717) is 24.6 Å². The lowest BCUT2D eigenvalue weighted by Crippen LogP contribution is -2.39. The molecule has 0 spiro atoms. The lowest BCUT2D eigenvalue weighted by Gasteiger charge is -2.22. The molecule has 1 aliphatic rings. The normalized spacial score (nSPS) is 18.8. The van der Waals surface area contributed by atoms with Crippen molar-refractivity contribution in [2.75, 3.05) is 36.6 Å². The van der Waals surface area contributed by atoms with Crippen LogP contribution in [0.3, 0.4) is 0 Å². The topological polar surface area (TPSA) is 73.6 Å². The smallest absolute Gasteiger partial charge is 0.255 e. The molecule has 3 N–H and O–H groups in total. The molecule has 6 heteroatoms. The van der Waals surface area contributed by atoms with Gasteiger partial charge in [-0.05, 0) is 30.4 Å². The molecule has 0 saturated carbocycles. The Balaban J connectivity index is 2.01. The Hall–Kier alpha value is -1.24. The van der Waals surface area contributed by atoms with Crippen LogP contribution in [0.2, 0.25) is 0 Å². The van der Waals surface area contributed by atoms with Crippen LogP contribution in [0.1, 0.15) is 13.3 Å². The van der Waals surface area contributed by atoms with Gasteiger partial charge >= 0.3 is 0 Å². The quantitative estimate of drug-likeness (QED) is 0.643. The largest absolute Gasteiger partial charge is 0.397 e. The molecule has 0 aromatic heterocycles. The molecule has 20 heavy (non-hydrogen) atoms. The van der Waals surface area contributed by atoms with Gasteiger partial charge in [0.2, 0.25) is 0 Å². The predicted octanol–water partition coefficient (Wildman–Crippen LogP) is 2.12. The Morgan fingerprint density at radius 3 is 3.05 bits per heavy atom. The van der Waals surface area contributed by atoms with Crippen LogP contribution in [0.25, 0.3) is 0 Å². The van der Waals surface area contributed by atoms with E-state index in [9.17, 15) is 4.79 Å². The van der Waals surface area contributed by atoms with E-state index < -0.39 is 6.10 Å². The van der Waals surface area contributed by atoms with Crippen molar-refractivity contribution in [3.8, 4) is 0 Å². The maximum absolute atomic E-state index is 12.1. The number of benzene rings is 1. The van der Waals surface area contributed by atoms with Crippen LogP contribution < -0.4 is 11.1 Å². The number of ether oxygens (including phenoxy) is 2. The molecule has 0 radical (unpaired) electrons. The maximum atomic E-state index is 12.1. The molecule has 1 heterocycles. The minimum atomic E-state index is -0.560. The number of hydrogen-bond donors (Lipinski definition) is 2. The third kappa shape index (κ3) is 4.13. The molecule has 1 aliphatic heterocycles. The standard InChI is InChI=1S/C14H20N2O3S/c1-2-7-20-10-3-4-11(15)12(8-10)16-14(17)13-9-18-5-6-19-13/h3-4,8,13H,2,5-7,9,15H2,1H3,(H,16,17). The number of nitrogens with two attached hydrogens (primary N) is 1. The summed E-state index contributed by atoms with van der Waals surface area (Å²) in [4.78, 5) is 13.2. The first-order chi connectivity index (χ1) is 9.70. The summed E-state index contributed by atoms with van der Waals surface area (Å²) < 4.78 is 10.6. The molecule has 1 saturated heterocycles. The average molecular weight is 296 g/mol. The summed E-state index contributed by atoms with van der Waals surface area (Å²) in [7, 11) is 0. The molecule has 1 fully saturated rings. The van der Waals surface area contributed by atoms with Gasteiger partial charge in [-0.3, -0.25) is 4.79 Å². The highest BCUT2D eigenvalue weighted by molar-refractivity contribution is 7.99. The van der Waals surface area contributed by atoms with Crippen LogP contribution in [0.15, 0.2) is 23.1 Å². The summed E-state index contributed by atoms with van der Waals surface area (Å²) in [6, 6.07) is 5.68. The van der Waals surface area contributed by atoms with Gasteiger partial charge in [0.25, 0.3) is 5.91 Å². The van der Waals surface area contributed by atoms with Crippen molar-refractivity contribution in [2.24, 2.45) is 0 Å². The molecular weight excluding hydrogens is 276 g/mol. The number of nitrogens with one attached hydrogen (secondary N) is 1. The van der Waals surface area contributed by atoms with E-state index in [0.717, 1.165) is 17.1 Å². The van der Waals surface area contributed by atoms with Gasteiger partial charge in [-0.15, -0.1) is 11.8 Å². The van der Waals surface area contributed by atoms with Crippen LogP contribution in [-0.4, -0.2) is 37.6 Å². The predicted molar refractivity (Wildman–Crippen MR) is 81.1 cm³/mol. The first kappa shape index (κ1) is 15.2. The summed E-state index contributed by atoms with van der Waals surface area (Å²) in [6.07, 6.45) is 0.541. The van der Waals surface area contributed by atoms with Crippen molar-refractivity contribution in [3.63, 3.8) is 0 Å². The highest BCUT2D eigenvalue weighted by Gasteiger charge is 2.23. The Kier molecular flexibility index (Phi) is 5.70. The second-order valence-corrected chi connectivity index (χ2v) is 5.69. The van der Waals surface area contributed by atoms with Crippen molar-refractivity contribution in [1.82, 2.24) is 0 Å². The van der Waals surface area contributed by atoms with Gasteiger partial charge in [-0.2, -0.15) is 0 Å². The Bertz CT molecular complexity index is 462. The third-order valence-corrected chi connectivity index (χ3v) is 4.06. The molecule has 1 aromatic rings. The second kappa shape index (κ2) is 7.52. The number of rotatable bonds is 5. The van der Waals surface area contributed by atoms with E-state index in [2.05, 4.69) is 12.2 Å². The highest BCUT2D eigenvalue weighted by Crippen LogP contribution is 2.27. The molecule has 2 rings (SSSR count). The minimum absolute atomic E-state index is 0.214. The van der Waals surface area contributed by atoms with Crippen LogP contribution in [-0.2, 0) is 14.3 Å². The zero-order valence-electron chi connectivity index (χ0n) is 11.6. The van der Waals surface area contributed by atoms with Gasteiger partial charge < -0.3 is 20.5 Å². The number of nitrogen functional groups attached to an aromatic ring is 1. The average Bonchev–Trinajstić information content (AvgIpc) is 2.49. The number of amides is 1. The van der Waals surface area contributed by atoms with Gasteiger partial charge in [-0.25, -0.2) is 0 Å². The van der Waals surface area contributed by atoms with Crippen molar-refractivity contribution in [3.05, 3.63) is 18.2 Å². The summed E-state index contributed by atoms with van der Waals surface area (Å²) >= 11 is 1.74. The molecule has 1 aromatic carbocycles. The molecule has 0 bridgehead atoms. The Labute approximate surface area is 123 Å². The van der Waals surface area contributed by atoms with Gasteiger partial charge in [0.05, 0.1) is 31.2 Å². The van der Waals surface area contributed by atoms with Crippen molar-refractivity contribution in [2.45, 2.75) is 24.3 Å². The van der Waals surface area contributed by atoms with Gasteiger partial charge in [0.1, 0.15) is 0 Å². The van der Waals surface area contributed by atoms with E-state index in [1.54, 1.807) is 11.8 Å². The lowest BCUT2D eigenvalue weighted by atomic mass is 10.2. The Morgan fingerprint density at radius 1 is 1.50 bits per heavy atom. The van der Waals surface area contributed by atoms with Crippen LogP contribution >= 0.6 is 11.8 Å². The fourth-order valence-corrected chi connectivity index (χ4v) is 2.61.